The van der Waals surface area contributed by atoms with Crippen LogP contribution in [-0.2, 0) is 0 Å². The van der Waals surface area contributed by atoms with Gasteiger partial charge in [-0.15, -0.1) is 0 Å². The Kier molecular flexibility index (Phi) is 11.9. The van der Waals surface area contributed by atoms with Gasteiger partial charge >= 0.3 is 0 Å². The van der Waals surface area contributed by atoms with Crippen LogP contribution in [0.15, 0.2) is 12.4 Å². The molecule has 0 amide bonds. The summed E-state index contributed by atoms with van der Waals surface area (Å²) in [5.74, 6) is 2.61. The van der Waals surface area contributed by atoms with E-state index in [4.69, 9.17) is 4.98 Å². The SMILES string of the molecule is CCCCCCCCCC(C)n1ccnc1C(CCCCC)C(C)C. The van der Waals surface area contributed by atoms with E-state index in [1.807, 2.05) is 6.20 Å². The largest absolute Gasteiger partial charge is 0.332 e. The monoisotopic (exact) mass is 348 g/mol. The Hall–Kier alpha value is -0.790. The molecule has 25 heavy (non-hydrogen) atoms. The van der Waals surface area contributed by atoms with E-state index in [9.17, 15) is 0 Å². The molecule has 0 radical (unpaired) electrons. The molecule has 2 unspecified atom stereocenters. The first kappa shape index (κ1) is 22.3. The summed E-state index contributed by atoms with van der Waals surface area (Å²) < 4.78 is 2.48. The van der Waals surface area contributed by atoms with Gasteiger partial charge in [0.25, 0.3) is 0 Å². The second-order valence-electron chi connectivity index (χ2n) is 8.30. The van der Waals surface area contributed by atoms with Crippen molar-refractivity contribution < 1.29 is 0 Å². The number of nitrogens with zero attached hydrogens (tertiary/aromatic N) is 2. The molecule has 146 valence electrons. The lowest BCUT2D eigenvalue weighted by Crippen LogP contribution is -2.16. The first-order chi connectivity index (χ1) is 12.1. The van der Waals surface area contributed by atoms with Gasteiger partial charge in [0.05, 0.1) is 0 Å². The van der Waals surface area contributed by atoms with E-state index in [2.05, 4.69) is 45.4 Å². The summed E-state index contributed by atoms with van der Waals surface area (Å²) in [6, 6.07) is 0.584. The van der Waals surface area contributed by atoms with Crippen LogP contribution in [0.2, 0.25) is 0 Å². The van der Waals surface area contributed by atoms with Crippen molar-refractivity contribution in [2.75, 3.05) is 0 Å². The summed E-state index contributed by atoms with van der Waals surface area (Å²) in [6.07, 6.45) is 20.5. The van der Waals surface area contributed by atoms with Crippen LogP contribution in [-0.4, -0.2) is 9.55 Å². The number of aromatic nitrogens is 2. The van der Waals surface area contributed by atoms with E-state index in [1.54, 1.807) is 0 Å². The summed E-state index contributed by atoms with van der Waals surface area (Å²) in [7, 11) is 0. The number of hydrogen-bond acceptors (Lipinski definition) is 1. The molecule has 0 N–H and O–H groups in total. The molecule has 2 nitrogen and oxygen atoms in total. The van der Waals surface area contributed by atoms with Gasteiger partial charge < -0.3 is 4.57 Å². The molecule has 0 aliphatic rings. The van der Waals surface area contributed by atoms with Crippen molar-refractivity contribution in [2.45, 2.75) is 124 Å². The van der Waals surface area contributed by atoms with Gasteiger partial charge in [-0.05, 0) is 25.7 Å². The van der Waals surface area contributed by atoms with Gasteiger partial charge in [-0.2, -0.15) is 0 Å². The lowest BCUT2D eigenvalue weighted by molar-refractivity contribution is 0.384. The van der Waals surface area contributed by atoms with Crippen LogP contribution in [0, 0.1) is 5.92 Å². The summed E-state index contributed by atoms with van der Waals surface area (Å²) >= 11 is 0. The van der Waals surface area contributed by atoms with Gasteiger partial charge in [0.1, 0.15) is 5.82 Å². The van der Waals surface area contributed by atoms with Crippen molar-refractivity contribution in [3.05, 3.63) is 18.2 Å². The fraction of sp³-hybridized carbons (Fsp3) is 0.870. The van der Waals surface area contributed by atoms with Crippen LogP contribution in [0.3, 0.4) is 0 Å². The van der Waals surface area contributed by atoms with Crippen molar-refractivity contribution in [1.29, 1.82) is 0 Å². The zero-order valence-corrected chi connectivity index (χ0v) is 17.8. The zero-order valence-electron chi connectivity index (χ0n) is 17.8. The number of rotatable bonds is 15. The van der Waals surface area contributed by atoms with Gasteiger partial charge in [0.15, 0.2) is 0 Å². The standard InChI is InChI=1S/C23H44N2/c1-6-8-10-11-12-13-15-16-21(5)25-19-18-24-23(25)22(20(3)4)17-14-9-7-2/h18-22H,6-17H2,1-5H3. The lowest BCUT2D eigenvalue weighted by Gasteiger charge is -2.25. The van der Waals surface area contributed by atoms with Crippen LogP contribution in [0.25, 0.3) is 0 Å². The van der Waals surface area contributed by atoms with E-state index >= 15 is 0 Å². The van der Waals surface area contributed by atoms with E-state index < -0.39 is 0 Å². The van der Waals surface area contributed by atoms with Crippen LogP contribution in [0.1, 0.15) is 129 Å². The third kappa shape index (κ3) is 8.42. The molecular formula is C23H44N2. The van der Waals surface area contributed by atoms with Gasteiger partial charge in [-0.25, -0.2) is 4.98 Å². The highest BCUT2D eigenvalue weighted by atomic mass is 15.1. The molecule has 0 aromatic carbocycles. The van der Waals surface area contributed by atoms with Crippen molar-refractivity contribution in [2.24, 2.45) is 5.92 Å². The van der Waals surface area contributed by atoms with Crippen molar-refractivity contribution in [1.82, 2.24) is 9.55 Å². The van der Waals surface area contributed by atoms with Gasteiger partial charge in [0, 0.05) is 24.4 Å². The molecule has 0 aliphatic carbocycles. The fourth-order valence-corrected chi connectivity index (χ4v) is 3.90. The fourth-order valence-electron chi connectivity index (χ4n) is 3.90. The lowest BCUT2D eigenvalue weighted by atomic mass is 9.89. The highest BCUT2D eigenvalue weighted by Crippen LogP contribution is 2.31. The Bertz CT molecular complexity index is 421. The molecule has 0 saturated heterocycles. The van der Waals surface area contributed by atoms with Crippen molar-refractivity contribution >= 4 is 0 Å². The predicted octanol–water partition coefficient (Wildman–Crippen LogP) is 7.90. The Labute approximate surface area is 157 Å². The Morgan fingerprint density at radius 1 is 0.800 bits per heavy atom. The zero-order chi connectivity index (χ0) is 18.5. The second kappa shape index (κ2) is 13.4. The second-order valence-corrected chi connectivity index (χ2v) is 8.30. The van der Waals surface area contributed by atoms with Crippen LogP contribution in [0.4, 0.5) is 0 Å². The van der Waals surface area contributed by atoms with E-state index in [1.165, 1.54) is 82.9 Å². The number of unbranched alkanes of at least 4 members (excludes halogenated alkanes) is 8. The molecule has 1 aromatic rings. The minimum atomic E-state index is 0.584. The van der Waals surface area contributed by atoms with Crippen LogP contribution in [0.5, 0.6) is 0 Å². The Morgan fingerprint density at radius 2 is 1.36 bits per heavy atom. The summed E-state index contributed by atoms with van der Waals surface area (Å²) in [5.41, 5.74) is 0. The minimum absolute atomic E-state index is 0.584. The third-order valence-corrected chi connectivity index (χ3v) is 5.65. The van der Waals surface area contributed by atoms with Crippen molar-refractivity contribution in [3.8, 4) is 0 Å². The molecule has 0 bridgehead atoms. The van der Waals surface area contributed by atoms with E-state index in [0.29, 0.717) is 17.9 Å². The normalized spacial score (nSPS) is 14.2. The first-order valence-corrected chi connectivity index (χ1v) is 11.1. The van der Waals surface area contributed by atoms with Gasteiger partial charge in [0.2, 0.25) is 0 Å². The molecular weight excluding hydrogens is 304 g/mol. The van der Waals surface area contributed by atoms with E-state index in [0.717, 1.165) is 0 Å². The molecule has 2 heteroatoms. The Morgan fingerprint density at radius 3 is 2.00 bits per heavy atom. The van der Waals surface area contributed by atoms with Crippen LogP contribution >= 0.6 is 0 Å². The average molecular weight is 349 g/mol. The topological polar surface area (TPSA) is 17.8 Å². The molecule has 1 aromatic heterocycles. The predicted molar refractivity (Wildman–Crippen MR) is 111 cm³/mol. The third-order valence-electron chi connectivity index (χ3n) is 5.65. The maximum atomic E-state index is 4.78. The Balaban J connectivity index is 2.48. The summed E-state index contributed by atoms with van der Waals surface area (Å²) in [4.78, 5) is 4.78. The molecule has 2 atom stereocenters. The summed E-state index contributed by atoms with van der Waals surface area (Å²) in [6.45, 7) is 11.7. The van der Waals surface area contributed by atoms with Gasteiger partial charge in [-0.1, -0.05) is 91.9 Å². The molecule has 0 aliphatic heterocycles. The number of imidazole rings is 1. The molecule has 0 saturated carbocycles. The summed E-state index contributed by atoms with van der Waals surface area (Å²) in [5, 5.41) is 0. The van der Waals surface area contributed by atoms with Crippen molar-refractivity contribution in [3.63, 3.8) is 0 Å². The molecule has 1 heterocycles. The highest BCUT2D eigenvalue weighted by Gasteiger charge is 2.22. The minimum Gasteiger partial charge on any atom is -0.332 e. The van der Waals surface area contributed by atoms with E-state index in [-0.39, 0.29) is 0 Å². The molecule has 0 spiro atoms. The maximum Gasteiger partial charge on any atom is 0.112 e. The quantitative estimate of drug-likeness (QED) is 0.294. The van der Waals surface area contributed by atoms with Crippen LogP contribution < -0.4 is 0 Å². The maximum absolute atomic E-state index is 4.78. The van der Waals surface area contributed by atoms with Gasteiger partial charge in [-0.3, -0.25) is 0 Å². The molecule has 0 fully saturated rings. The highest BCUT2D eigenvalue weighted by molar-refractivity contribution is 5.03. The average Bonchev–Trinajstić information content (AvgIpc) is 3.06. The molecule has 1 rings (SSSR count). The smallest absolute Gasteiger partial charge is 0.112 e. The first-order valence-electron chi connectivity index (χ1n) is 11.1. The number of hydrogen-bond donors (Lipinski definition) is 0.